The van der Waals surface area contributed by atoms with Gasteiger partial charge in [0.15, 0.2) is 0 Å². The minimum Gasteiger partial charge on any atom is -0.495 e. The van der Waals surface area contributed by atoms with Gasteiger partial charge in [-0.15, -0.1) is 0 Å². The normalized spacial score (nSPS) is 11.0. The van der Waals surface area contributed by atoms with Crippen molar-refractivity contribution in [3.8, 4) is 5.75 Å². The lowest BCUT2D eigenvalue weighted by Gasteiger charge is -2.20. The van der Waals surface area contributed by atoms with Gasteiger partial charge in [-0.1, -0.05) is 18.2 Å². The minimum atomic E-state index is -0.302. The molecular weight excluding hydrogens is 230 g/mol. The Balaban J connectivity index is 2.77. The number of rotatable bonds is 5. The molecule has 0 amide bonds. The Hall–Kier alpha value is -1.97. The number of hydrogen-bond acceptors (Lipinski definition) is 4. The van der Waals surface area contributed by atoms with Crippen molar-refractivity contribution in [2.45, 2.75) is 6.92 Å². The van der Waals surface area contributed by atoms with E-state index in [9.17, 15) is 4.79 Å². The van der Waals surface area contributed by atoms with E-state index in [0.29, 0.717) is 12.1 Å². The van der Waals surface area contributed by atoms with Gasteiger partial charge >= 0.3 is 5.97 Å². The number of anilines is 1. The van der Waals surface area contributed by atoms with Gasteiger partial charge in [-0.05, 0) is 19.1 Å². The van der Waals surface area contributed by atoms with E-state index >= 15 is 0 Å². The van der Waals surface area contributed by atoms with E-state index in [1.54, 1.807) is 14.0 Å². The molecule has 0 radical (unpaired) electrons. The molecule has 1 aromatic carbocycles. The van der Waals surface area contributed by atoms with Crippen LogP contribution in [0.3, 0.4) is 0 Å². The number of carbonyl (C=O) groups excluding carboxylic acids is 1. The molecule has 1 rings (SSSR count). The molecule has 0 atom stereocenters. The van der Waals surface area contributed by atoms with Crippen LogP contribution in [0.1, 0.15) is 6.92 Å². The lowest BCUT2D eigenvalue weighted by molar-refractivity contribution is -0.136. The lowest BCUT2D eigenvalue weighted by Crippen LogP contribution is -2.18. The van der Waals surface area contributed by atoms with Gasteiger partial charge in [-0.2, -0.15) is 0 Å². The Morgan fingerprint density at radius 3 is 2.61 bits per heavy atom. The summed E-state index contributed by atoms with van der Waals surface area (Å²) in [6.07, 6.45) is 1.83. The largest absolute Gasteiger partial charge is 0.495 e. The average molecular weight is 249 g/mol. The van der Waals surface area contributed by atoms with Crippen molar-refractivity contribution in [2.24, 2.45) is 0 Å². The van der Waals surface area contributed by atoms with Gasteiger partial charge in [-0.3, -0.25) is 0 Å². The number of carbonyl (C=O) groups is 1. The van der Waals surface area contributed by atoms with Crippen molar-refractivity contribution >= 4 is 11.7 Å². The zero-order valence-electron chi connectivity index (χ0n) is 11.3. The number of hydrogen-bond donors (Lipinski definition) is 0. The molecule has 0 N–H and O–H groups in total. The van der Waals surface area contributed by atoms with Crippen LogP contribution in [-0.2, 0) is 9.53 Å². The fourth-order valence-corrected chi connectivity index (χ4v) is 1.56. The first-order valence-electron chi connectivity index (χ1n) is 5.69. The summed E-state index contributed by atoms with van der Waals surface area (Å²) in [6.45, 7) is 2.35. The van der Waals surface area contributed by atoms with Crippen LogP contribution < -0.4 is 9.64 Å². The molecule has 0 aromatic heterocycles. The topological polar surface area (TPSA) is 38.8 Å². The zero-order valence-corrected chi connectivity index (χ0v) is 11.3. The zero-order chi connectivity index (χ0) is 13.5. The van der Waals surface area contributed by atoms with Crippen LogP contribution in [0.2, 0.25) is 0 Å². The summed E-state index contributed by atoms with van der Waals surface area (Å²) in [5.74, 6) is 0.507. The van der Waals surface area contributed by atoms with E-state index < -0.39 is 0 Å². The van der Waals surface area contributed by atoms with E-state index in [4.69, 9.17) is 4.74 Å². The first kappa shape index (κ1) is 14.1. The fourth-order valence-electron chi connectivity index (χ4n) is 1.56. The van der Waals surface area contributed by atoms with Crippen molar-refractivity contribution in [2.75, 3.05) is 32.7 Å². The number of esters is 1. The Bertz CT molecular complexity index is 440. The van der Waals surface area contributed by atoms with Crippen molar-refractivity contribution < 1.29 is 14.3 Å². The molecule has 0 aliphatic carbocycles. The lowest BCUT2D eigenvalue weighted by atomic mass is 10.2. The summed E-state index contributed by atoms with van der Waals surface area (Å²) in [6, 6.07) is 7.75. The SMILES string of the molecule is COC(=O)C(C)=CCN(C)c1ccccc1OC. The first-order valence-corrected chi connectivity index (χ1v) is 5.69. The van der Waals surface area contributed by atoms with Gasteiger partial charge in [0.1, 0.15) is 5.75 Å². The van der Waals surface area contributed by atoms with Crippen LogP contribution in [0.5, 0.6) is 5.75 Å². The summed E-state index contributed by atoms with van der Waals surface area (Å²) in [5, 5.41) is 0. The quantitative estimate of drug-likeness (QED) is 0.592. The van der Waals surface area contributed by atoms with Gasteiger partial charge in [0.2, 0.25) is 0 Å². The third kappa shape index (κ3) is 3.52. The molecule has 18 heavy (non-hydrogen) atoms. The maximum Gasteiger partial charge on any atom is 0.333 e. The van der Waals surface area contributed by atoms with Crippen LogP contribution >= 0.6 is 0 Å². The first-order chi connectivity index (χ1) is 8.60. The highest BCUT2D eigenvalue weighted by molar-refractivity contribution is 5.87. The highest BCUT2D eigenvalue weighted by Gasteiger charge is 2.07. The summed E-state index contributed by atoms with van der Waals surface area (Å²) in [5.41, 5.74) is 1.58. The molecule has 0 bridgehead atoms. The van der Waals surface area contributed by atoms with Gasteiger partial charge in [0.05, 0.1) is 19.9 Å². The molecular formula is C14H19NO3. The Kier molecular flexibility index (Phi) is 5.24. The standard InChI is InChI=1S/C14H19NO3/c1-11(14(16)18-4)9-10-15(2)12-7-5-6-8-13(12)17-3/h5-9H,10H2,1-4H3. The van der Waals surface area contributed by atoms with Crippen LogP contribution in [0.4, 0.5) is 5.69 Å². The van der Waals surface area contributed by atoms with Crippen molar-refractivity contribution in [1.29, 1.82) is 0 Å². The van der Waals surface area contributed by atoms with Crippen LogP contribution in [-0.4, -0.2) is 33.8 Å². The van der Waals surface area contributed by atoms with Gasteiger partial charge in [0.25, 0.3) is 0 Å². The second kappa shape index (κ2) is 6.69. The molecule has 0 saturated heterocycles. The Morgan fingerprint density at radius 1 is 1.33 bits per heavy atom. The molecule has 0 aliphatic heterocycles. The van der Waals surface area contributed by atoms with E-state index in [1.165, 1.54) is 7.11 Å². The fraction of sp³-hybridized carbons (Fsp3) is 0.357. The maximum atomic E-state index is 11.3. The molecule has 0 unspecified atom stereocenters. The van der Waals surface area contributed by atoms with E-state index in [0.717, 1.165) is 11.4 Å². The monoisotopic (exact) mass is 249 g/mol. The van der Waals surface area contributed by atoms with Crippen molar-refractivity contribution in [1.82, 2.24) is 0 Å². The van der Waals surface area contributed by atoms with Crippen LogP contribution in [0.15, 0.2) is 35.9 Å². The summed E-state index contributed by atoms with van der Waals surface area (Å²) >= 11 is 0. The summed E-state index contributed by atoms with van der Waals surface area (Å²) in [4.78, 5) is 13.3. The Morgan fingerprint density at radius 2 is 2.00 bits per heavy atom. The predicted octanol–water partition coefficient (Wildman–Crippen LogP) is 2.25. The summed E-state index contributed by atoms with van der Waals surface area (Å²) < 4.78 is 9.93. The summed E-state index contributed by atoms with van der Waals surface area (Å²) in [7, 11) is 4.96. The van der Waals surface area contributed by atoms with Gasteiger partial charge in [0, 0.05) is 19.2 Å². The molecule has 98 valence electrons. The molecule has 0 saturated carbocycles. The number of nitrogens with zero attached hydrogens (tertiary/aromatic N) is 1. The highest BCUT2D eigenvalue weighted by atomic mass is 16.5. The van der Waals surface area contributed by atoms with Gasteiger partial charge in [-0.25, -0.2) is 4.79 Å². The molecule has 0 aliphatic rings. The number of likely N-dealkylation sites (N-methyl/N-ethyl adjacent to an activating group) is 1. The van der Waals surface area contributed by atoms with E-state index in [1.807, 2.05) is 42.3 Å². The number of benzene rings is 1. The van der Waals surface area contributed by atoms with Crippen molar-refractivity contribution in [3.05, 3.63) is 35.9 Å². The Labute approximate surface area is 108 Å². The molecule has 4 heteroatoms. The van der Waals surface area contributed by atoms with Crippen molar-refractivity contribution in [3.63, 3.8) is 0 Å². The number of para-hydroxylation sites is 2. The van der Waals surface area contributed by atoms with E-state index in [2.05, 4.69) is 4.74 Å². The second-order valence-corrected chi connectivity index (χ2v) is 3.93. The third-order valence-electron chi connectivity index (χ3n) is 2.68. The molecule has 0 heterocycles. The maximum absolute atomic E-state index is 11.3. The molecule has 1 aromatic rings. The molecule has 0 fully saturated rings. The third-order valence-corrected chi connectivity index (χ3v) is 2.68. The molecule has 4 nitrogen and oxygen atoms in total. The average Bonchev–Trinajstić information content (AvgIpc) is 2.43. The minimum absolute atomic E-state index is 0.302. The second-order valence-electron chi connectivity index (χ2n) is 3.93. The number of ether oxygens (including phenoxy) is 2. The smallest absolute Gasteiger partial charge is 0.333 e. The van der Waals surface area contributed by atoms with E-state index in [-0.39, 0.29) is 5.97 Å². The van der Waals surface area contributed by atoms with Gasteiger partial charge < -0.3 is 14.4 Å². The predicted molar refractivity (Wildman–Crippen MR) is 72.0 cm³/mol. The molecule has 0 spiro atoms. The van der Waals surface area contributed by atoms with Crippen LogP contribution in [0, 0.1) is 0 Å². The number of methoxy groups -OCH3 is 2. The van der Waals surface area contributed by atoms with Crippen LogP contribution in [0.25, 0.3) is 0 Å². The highest BCUT2D eigenvalue weighted by Crippen LogP contribution is 2.26.